The zero-order valence-corrected chi connectivity index (χ0v) is 19.3. The fourth-order valence-corrected chi connectivity index (χ4v) is 3.91. The van der Waals surface area contributed by atoms with Crippen molar-refractivity contribution < 1.29 is 9.53 Å². The molecular formula is C25H36N4O2. The third kappa shape index (κ3) is 6.71. The SMILES string of the molecule is CCOc1ccc(CC(=O)NC[C@H](c2ccc(N(C)C)cc2)N2CCN(C)CC2)cc1. The van der Waals surface area contributed by atoms with Crippen LogP contribution in [0.5, 0.6) is 5.75 Å². The van der Waals surface area contributed by atoms with E-state index in [2.05, 4.69) is 51.3 Å². The van der Waals surface area contributed by atoms with Gasteiger partial charge in [-0.25, -0.2) is 0 Å². The second-order valence-corrected chi connectivity index (χ2v) is 8.40. The molecule has 0 aromatic heterocycles. The van der Waals surface area contributed by atoms with Crippen LogP contribution in [-0.2, 0) is 11.2 Å². The van der Waals surface area contributed by atoms with Crippen molar-refractivity contribution in [3.8, 4) is 5.75 Å². The fraction of sp³-hybridized carbons (Fsp3) is 0.480. The maximum Gasteiger partial charge on any atom is 0.224 e. The summed E-state index contributed by atoms with van der Waals surface area (Å²) in [6, 6.07) is 16.6. The zero-order chi connectivity index (χ0) is 22.2. The minimum Gasteiger partial charge on any atom is -0.494 e. The standard InChI is InChI=1S/C25H36N4O2/c1-5-31-23-12-6-20(7-13-23)18-25(30)26-19-24(29-16-14-28(4)15-17-29)21-8-10-22(11-9-21)27(2)3/h6-13,24H,5,14-19H2,1-4H3,(H,26,30)/t24-/m1/s1. The van der Waals surface area contributed by atoms with Gasteiger partial charge in [0.2, 0.25) is 5.91 Å². The predicted octanol–water partition coefficient (Wildman–Crippen LogP) is 2.80. The third-order valence-corrected chi connectivity index (χ3v) is 5.86. The van der Waals surface area contributed by atoms with Crippen LogP contribution < -0.4 is 15.0 Å². The van der Waals surface area contributed by atoms with Gasteiger partial charge in [0.15, 0.2) is 0 Å². The van der Waals surface area contributed by atoms with E-state index >= 15 is 0 Å². The number of hydrogen-bond acceptors (Lipinski definition) is 5. The summed E-state index contributed by atoms with van der Waals surface area (Å²) in [7, 11) is 6.26. The number of carbonyl (C=O) groups excluding carboxylic acids is 1. The monoisotopic (exact) mass is 424 g/mol. The van der Waals surface area contributed by atoms with Gasteiger partial charge in [0.1, 0.15) is 5.75 Å². The highest BCUT2D eigenvalue weighted by Crippen LogP contribution is 2.24. The number of hydrogen-bond donors (Lipinski definition) is 1. The van der Waals surface area contributed by atoms with Gasteiger partial charge in [-0.1, -0.05) is 24.3 Å². The summed E-state index contributed by atoms with van der Waals surface area (Å²) in [4.78, 5) is 19.6. The van der Waals surface area contributed by atoms with Crippen molar-refractivity contribution in [2.24, 2.45) is 0 Å². The molecule has 6 heteroatoms. The minimum atomic E-state index is 0.0493. The molecule has 1 fully saturated rings. The van der Waals surface area contributed by atoms with Crippen molar-refractivity contribution in [2.75, 3.05) is 65.4 Å². The van der Waals surface area contributed by atoms with E-state index in [0.717, 1.165) is 37.5 Å². The molecule has 0 aliphatic carbocycles. The Labute approximate surface area is 186 Å². The van der Waals surface area contributed by atoms with E-state index in [1.54, 1.807) is 0 Å². The number of ether oxygens (including phenoxy) is 1. The molecule has 1 aliphatic heterocycles. The summed E-state index contributed by atoms with van der Waals surface area (Å²) in [5.74, 6) is 0.885. The van der Waals surface area contributed by atoms with Crippen LogP contribution in [0.1, 0.15) is 24.1 Å². The molecule has 1 aliphatic rings. The van der Waals surface area contributed by atoms with E-state index < -0.39 is 0 Å². The number of rotatable bonds is 9. The average Bonchev–Trinajstić information content (AvgIpc) is 2.77. The van der Waals surface area contributed by atoms with Gasteiger partial charge in [-0.15, -0.1) is 0 Å². The van der Waals surface area contributed by atoms with Gasteiger partial charge in [0.25, 0.3) is 0 Å². The first-order valence-electron chi connectivity index (χ1n) is 11.1. The van der Waals surface area contributed by atoms with E-state index in [-0.39, 0.29) is 11.9 Å². The third-order valence-electron chi connectivity index (χ3n) is 5.86. The lowest BCUT2D eigenvalue weighted by Crippen LogP contribution is -2.48. The molecule has 2 aromatic rings. The molecule has 1 amide bonds. The van der Waals surface area contributed by atoms with Crippen LogP contribution in [0.3, 0.4) is 0 Å². The number of anilines is 1. The Morgan fingerprint density at radius 3 is 2.26 bits per heavy atom. The van der Waals surface area contributed by atoms with E-state index in [0.29, 0.717) is 19.6 Å². The van der Waals surface area contributed by atoms with Gasteiger partial charge < -0.3 is 19.9 Å². The first-order chi connectivity index (χ1) is 15.0. The molecule has 3 rings (SSSR count). The number of piperazine rings is 1. The van der Waals surface area contributed by atoms with Crippen molar-refractivity contribution in [2.45, 2.75) is 19.4 Å². The largest absolute Gasteiger partial charge is 0.494 e. The number of nitrogens with one attached hydrogen (secondary N) is 1. The zero-order valence-electron chi connectivity index (χ0n) is 19.3. The van der Waals surface area contributed by atoms with Gasteiger partial charge in [-0.3, -0.25) is 9.69 Å². The smallest absolute Gasteiger partial charge is 0.224 e. The topological polar surface area (TPSA) is 48.1 Å². The molecular weight excluding hydrogens is 388 g/mol. The summed E-state index contributed by atoms with van der Waals surface area (Å²) in [6.45, 7) is 7.33. The van der Waals surface area contributed by atoms with Crippen LogP contribution in [0.25, 0.3) is 0 Å². The van der Waals surface area contributed by atoms with Crippen molar-refractivity contribution in [3.05, 3.63) is 59.7 Å². The number of nitrogens with zero attached hydrogens (tertiary/aromatic N) is 3. The maximum absolute atomic E-state index is 12.7. The second-order valence-electron chi connectivity index (χ2n) is 8.40. The van der Waals surface area contributed by atoms with Gasteiger partial charge in [-0.2, -0.15) is 0 Å². The van der Waals surface area contributed by atoms with Crippen LogP contribution in [-0.4, -0.2) is 76.2 Å². The highest BCUT2D eigenvalue weighted by Gasteiger charge is 2.24. The first-order valence-corrected chi connectivity index (χ1v) is 11.1. The molecule has 1 atom stereocenters. The predicted molar refractivity (Wildman–Crippen MR) is 127 cm³/mol. The van der Waals surface area contributed by atoms with Gasteiger partial charge in [0.05, 0.1) is 19.1 Å². The summed E-state index contributed by atoms with van der Waals surface area (Å²) >= 11 is 0. The Hall–Kier alpha value is -2.57. The summed E-state index contributed by atoms with van der Waals surface area (Å²) in [6.07, 6.45) is 0.376. The highest BCUT2D eigenvalue weighted by molar-refractivity contribution is 5.78. The Balaban J connectivity index is 1.64. The minimum absolute atomic E-state index is 0.0493. The lowest BCUT2D eigenvalue weighted by atomic mass is 10.0. The molecule has 0 radical (unpaired) electrons. The van der Waals surface area contributed by atoms with Crippen LogP contribution in [0.2, 0.25) is 0 Å². The molecule has 168 valence electrons. The van der Waals surface area contributed by atoms with Gasteiger partial charge in [0, 0.05) is 52.5 Å². The van der Waals surface area contributed by atoms with E-state index in [4.69, 9.17) is 4.74 Å². The Morgan fingerprint density at radius 1 is 1.03 bits per heavy atom. The quantitative estimate of drug-likeness (QED) is 0.671. The molecule has 0 saturated carbocycles. The van der Waals surface area contributed by atoms with Crippen LogP contribution in [0, 0.1) is 0 Å². The lowest BCUT2D eigenvalue weighted by molar-refractivity contribution is -0.120. The normalized spacial score (nSPS) is 16.0. The Kier molecular flexibility index (Phi) is 8.32. The molecule has 0 spiro atoms. The van der Waals surface area contributed by atoms with Crippen LogP contribution in [0.4, 0.5) is 5.69 Å². The van der Waals surface area contributed by atoms with Crippen molar-refractivity contribution in [3.63, 3.8) is 0 Å². The molecule has 6 nitrogen and oxygen atoms in total. The Morgan fingerprint density at radius 2 is 1.68 bits per heavy atom. The summed E-state index contributed by atoms with van der Waals surface area (Å²) < 4.78 is 5.48. The van der Waals surface area contributed by atoms with Crippen molar-refractivity contribution in [1.29, 1.82) is 0 Å². The number of likely N-dealkylation sites (N-methyl/N-ethyl adjacent to an activating group) is 1. The molecule has 0 bridgehead atoms. The first kappa shape index (κ1) is 23.1. The lowest BCUT2D eigenvalue weighted by Gasteiger charge is -2.38. The average molecular weight is 425 g/mol. The molecule has 0 unspecified atom stereocenters. The fourth-order valence-electron chi connectivity index (χ4n) is 3.91. The molecule has 2 aromatic carbocycles. The second kappa shape index (κ2) is 11.2. The van der Waals surface area contributed by atoms with Crippen LogP contribution >= 0.6 is 0 Å². The molecule has 1 heterocycles. The van der Waals surface area contributed by atoms with E-state index in [9.17, 15) is 4.79 Å². The van der Waals surface area contributed by atoms with E-state index in [1.807, 2.05) is 45.3 Å². The number of amides is 1. The maximum atomic E-state index is 12.7. The molecule has 31 heavy (non-hydrogen) atoms. The van der Waals surface area contributed by atoms with Crippen molar-refractivity contribution >= 4 is 11.6 Å². The van der Waals surface area contributed by atoms with Gasteiger partial charge in [-0.05, 0) is 49.4 Å². The highest BCUT2D eigenvalue weighted by atomic mass is 16.5. The number of benzene rings is 2. The summed E-state index contributed by atoms with van der Waals surface area (Å²) in [5, 5.41) is 3.18. The number of carbonyl (C=O) groups is 1. The summed E-state index contributed by atoms with van der Waals surface area (Å²) in [5.41, 5.74) is 3.42. The van der Waals surface area contributed by atoms with Crippen LogP contribution in [0.15, 0.2) is 48.5 Å². The molecule has 1 saturated heterocycles. The van der Waals surface area contributed by atoms with Gasteiger partial charge >= 0.3 is 0 Å². The van der Waals surface area contributed by atoms with E-state index in [1.165, 1.54) is 11.3 Å². The molecule has 1 N–H and O–H groups in total. The van der Waals surface area contributed by atoms with Crippen molar-refractivity contribution in [1.82, 2.24) is 15.1 Å². The Bertz CT molecular complexity index is 812.